The molecule has 0 saturated heterocycles. The van der Waals surface area contributed by atoms with Crippen molar-refractivity contribution in [3.8, 4) is 40.0 Å². The fourth-order valence-corrected chi connectivity index (χ4v) is 2.91. The molecule has 0 bridgehead atoms. The first kappa shape index (κ1) is 22.0. The van der Waals surface area contributed by atoms with Gasteiger partial charge in [-0.05, 0) is 29.8 Å². The Kier molecular flexibility index (Phi) is 6.06. The summed E-state index contributed by atoms with van der Waals surface area (Å²) in [6, 6.07) is 13.8. The van der Waals surface area contributed by atoms with Crippen LogP contribution in [0.2, 0.25) is 0 Å². The first-order valence-corrected chi connectivity index (χ1v) is 8.63. The number of benzene rings is 2. The van der Waals surface area contributed by atoms with E-state index in [0.29, 0.717) is 0 Å². The molecule has 0 spiro atoms. The predicted octanol–water partition coefficient (Wildman–Crippen LogP) is 6.28. The molecule has 0 unspecified atom stereocenters. The van der Waals surface area contributed by atoms with Gasteiger partial charge in [-0.15, -0.1) is 26.3 Å². The van der Waals surface area contributed by atoms with Gasteiger partial charge >= 0.3 is 12.7 Å². The molecule has 0 atom stereocenters. The van der Waals surface area contributed by atoms with Crippen molar-refractivity contribution in [1.29, 1.82) is 5.26 Å². The molecule has 3 rings (SSSR count). The summed E-state index contributed by atoms with van der Waals surface area (Å²) in [5.41, 5.74) is 0.483. The maximum atomic E-state index is 12.8. The Hall–Kier alpha value is -3.74. The number of pyridine rings is 1. The number of hydrogen-bond acceptors (Lipinski definition) is 4. The molecule has 0 aliphatic carbocycles. The van der Waals surface area contributed by atoms with Crippen LogP contribution in [-0.4, -0.2) is 17.7 Å². The van der Waals surface area contributed by atoms with Gasteiger partial charge < -0.3 is 9.47 Å². The highest BCUT2D eigenvalue weighted by atomic mass is 19.4. The lowest BCUT2D eigenvalue weighted by atomic mass is 9.98. The molecule has 2 aromatic carbocycles. The largest absolute Gasteiger partial charge is 0.573 e. The van der Waals surface area contributed by atoms with Crippen LogP contribution in [0.3, 0.4) is 0 Å². The zero-order valence-corrected chi connectivity index (χ0v) is 15.5. The molecular formula is C21H12F6N2O2. The number of ether oxygens (including phenoxy) is 2. The molecule has 160 valence electrons. The fourth-order valence-electron chi connectivity index (χ4n) is 2.91. The lowest BCUT2D eigenvalue weighted by Crippen LogP contribution is -2.18. The van der Waals surface area contributed by atoms with Gasteiger partial charge in [-0.3, -0.25) is 4.98 Å². The molecule has 0 aliphatic heterocycles. The number of alkyl halides is 6. The second kappa shape index (κ2) is 8.55. The normalized spacial score (nSPS) is 11.6. The summed E-state index contributed by atoms with van der Waals surface area (Å²) in [4.78, 5) is 4.14. The molecule has 0 radical (unpaired) electrons. The third-order valence-electron chi connectivity index (χ3n) is 4.03. The molecule has 4 nitrogen and oxygen atoms in total. The van der Waals surface area contributed by atoms with Crippen LogP contribution in [0.15, 0.2) is 60.8 Å². The van der Waals surface area contributed by atoms with Crippen molar-refractivity contribution in [2.45, 2.75) is 19.1 Å². The zero-order valence-electron chi connectivity index (χ0n) is 15.5. The van der Waals surface area contributed by atoms with Crippen LogP contribution >= 0.6 is 0 Å². The molecule has 0 amide bonds. The van der Waals surface area contributed by atoms with Gasteiger partial charge in [-0.2, -0.15) is 5.26 Å². The van der Waals surface area contributed by atoms with E-state index in [-0.39, 0.29) is 34.4 Å². The van der Waals surface area contributed by atoms with Crippen LogP contribution in [0.5, 0.6) is 11.5 Å². The van der Waals surface area contributed by atoms with Gasteiger partial charge in [0.1, 0.15) is 11.5 Å². The number of para-hydroxylation sites is 2. The third kappa shape index (κ3) is 5.66. The maximum Gasteiger partial charge on any atom is 0.573 e. The molecule has 10 heteroatoms. The van der Waals surface area contributed by atoms with Gasteiger partial charge in [-0.25, -0.2) is 0 Å². The molecule has 31 heavy (non-hydrogen) atoms. The zero-order chi connectivity index (χ0) is 22.6. The Morgan fingerprint density at radius 2 is 1.32 bits per heavy atom. The summed E-state index contributed by atoms with van der Waals surface area (Å²) in [6.45, 7) is 0. The van der Waals surface area contributed by atoms with E-state index in [2.05, 4.69) is 14.5 Å². The maximum absolute atomic E-state index is 12.8. The number of halogens is 6. The summed E-state index contributed by atoms with van der Waals surface area (Å²) in [5, 5.41) is 9.15. The molecule has 1 aromatic heterocycles. The minimum Gasteiger partial charge on any atom is -0.405 e. The van der Waals surface area contributed by atoms with Crippen LogP contribution in [-0.2, 0) is 6.42 Å². The van der Waals surface area contributed by atoms with Crippen molar-refractivity contribution in [2.24, 2.45) is 0 Å². The van der Waals surface area contributed by atoms with Gasteiger partial charge in [0.2, 0.25) is 0 Å². The van der Waals surface area contributed by atoms with E-state index in [1.54, 1.807) is 0 Å². The van der Waals surface area contributed by atoms with Crippen molar-refractivity contribution in [3.05, 3.63) is 66.4 Å². The minimum atomic E-state index is -4.95. The minimum absolute atomic E-state index is 0.0172. The fraction of sp³-hybridized carbons (Fsp3) is 0.143. The molecule has 0 aliphatic rings. The van der Waals surface area contributed by atoms with Gasteiger partial charge in [0.05, 0.1) is 18.2 Å². The third-order valence-corrected chi connectivity index (χ3v) is 4.03. The first-order chi connectivity index (χ1) is 14.6. The molecule has 0 saturated carbocycles. The van der Waals surface area contributed by atoms with Gasteiger partial charge in [0.25, 0.3) is 0 Å². The van der Waals surface area contributed by atoms with Crippen molar-refractivity contribution in [3.63, 3.8) is 0 Å². The van der Waals surface area contributed by atoms with Crippen molar-refractivity contribution >= 4 is 0 Å². The van der Waals surface area contributed by atoms with E-state index in [4.69, 9.17) is 5.26 Å². The Bertz CT molecular complexity index is 1120. The second-order valence-electron chi connectivity index (χ2n) is 6.15. The van der Waals surface area contributed by atoms with E-state index >= 15 is 0 Å². The van der Waals surface area contributed by atoms with E-state index in [0.717, 1.165) is 12.1 Å². The number of hydrogen-bond donors (Lipinski definition) is 0. The van der Waals surface area contributed by atoms with E-state index in [1.807, 2.05) is 6.07 Å². The van der Waals surface area contributed by atoms with Crippen LogP contribution in [0.1, 0.15) is 5.56 Å². The predicted molar refractivity (Wildman–Crippen MR) is 97.8 cm³/mol. The molecule has 0 N–H and O–H groups in total. The first-order valence-electron chi connectivity index (χ1n) is 8.63. The van der Waals surface area contributed by atoms with E-state index in [1.165, 1.54) is 48.7 Å². The Morgan fingerprint density at radius 3 is 1.87 bits per heavy atom. The summed E-state index contributed by atoms with van der Waals surface area (Å²) >= 11 is 0. The SMILES string of the molecule is N#CCc1cc(-c2ccccc2OC(F)(F)F)cnc1-c1ccccc1OC(F)(F)F. The van der Waals surface area contributed by atoms with Crippen molar-refractivity contribution < 1.29 is 35.8 Å². The van der Waals surface area contributed by atoms with Crippen molar-refractivity contribution in [1.82, 2.24) is 4.98 Å². The van der Waals surface area contributed by atoms with E-state index < -0.39 is 24.2 Å². The Labute approximate surface area is 172 Å². The number of aromatic nitrogens is 1. The quantitative estimate of drug-likeness (QED) is 0.440. The summed E-state index contributed by atoms with van der Waals surface area (Å²) in [7, 11) is 0. The summed E-state index contributed by atoms with van der Waals surface area (Å²) in [6.07, 6.45) is -8.93. The van der Waals surface area contributed by atoms with Crippen LogP contribution < -0.4 is 9.47 Å². The highest BCUT2D eigenvalue weighted by Gasteiger charge is 2.33. The summed E-state index contributed by atoms with van der Waals surface area (Å²) < 4.78 is 84.5. The lowest BCUT2D eigenvalue weighted by Gasteiger charge is -2.16. The van der Waals surface area contributed by atoms with Gasteiger partial charge in [0, 0.05) is 22.9 Å². The van der Waals surface area contributed by atoms with Gasteiger partial charge in [-0.1, -0.05) is 30.3 Å². The lowest BCUT2D eigenvalue weighted by molar-refractivity contribution is -0.275. The topological polar surface area (TPSA) is 55.1 Å². The molecule has 3 aromatic rings. The average molecular weight is 438 g/mol. The molecule has 1 heterocycles. The monoisotopic (exact) mass is 438 g/mol. The standard InChI is InChI=1S/C21H12F6N2O2/c22-20(23,24)30-17-7-3-1-5-15(17)14-11-13(9-10-28)19(29-12-14)16-6-2-4-8-18(16)31-21(25,26)27/h1-8,11-12H,9H2. The van der Waals surface area contributed by atoms with Crippen LogP contribution in [0.25, 0.3) is 22.4 Å². The van der Waals surface area contributed by atoms with Crippen LogP contribution in [0, 0.1) is 11.3 Å². The highest BCUT2D eigenvalue weighted by Crippen LogP contribution is 2.38. The average Bonchev–Trinajstić information content (AvgIpc) is 2.67. The number of nitriles is 1. The smallest absolute Gasteiger partial charge is 0.405 e. The Balaban J connectivity index is 2.11. The second-order valence-corrected chi connectivity index (χ2v) is 6.15. The Morgan fingerprint density at radius 1 is 0.806 bits per heavy atom. The van der Waals surface area contributed by atoms with Gasteiger partial charge in [0.15, 0.2) is 0 Å². The molecule has 0 fully saturated rings. The van der Waals surface area contributed by atoms with Crippen LogP contribution in [0.4, 0.5) is 26.3 Å². The van der Waals surface area contributed by atoms with Crippen molar-refractivity contribution in [2.75, 3.05) is 0 Å². The number of rotatable bonds is 5. The van der Waals surface area contributed by atoms with E-state index in [9.17, 15) is 26.3 Å². The number of nitrogens with zero attached hydrogens (tertiary/aromatic N) is 2. The highest BCUT2D eigenvalue weighted by molar-refractivity contribution is 5.76. The summed E-state index contributed by atoms with van der Waals surface area (Å²) in [5.74, 6) is -0.997. The molecular weight excluding hydrogens is 426 g/mol.